The van der Waals surface area contributed by atoms with Crippen LogP contribution in [-0.4, -0.2) is 18.2 Å². The highest BCUT2D eigenvalue weighted by Gasteiger charge is 2.10. The smallest absolute Gasteiger partial charge is 0.119 e. The van der Waals surface area contributed by atoms with Crippen LogP contribution in [0.2, 0.25) is 0 Å². The van der Waals surface area contributed by atoms with Crippen molar-refractivity contribution in [2.75, 3.05) is 13.2 Å². The van der Waals surface area contributed by atoms with Crippen LogP contribution in [0.3, 0.4) is 0 Å². The molecule has 0 bridgehead atoms. The van der Waals surface area contributed by atoms with Crippen LogP contribution in [0.1, 0.15) is 52.4 Å². The molecule has 0 spiro atoms. The summed E-state index contributed by atoms with van der Waals surface area (Å²) in [5.41, 5.74) is 6.37. The van der Waals surface area contributed by atoms with Crippen molar-refractivity contribution in [1.82, 2.24) is 4.98 Å². The van der Waals surface area contributed by atoms with Crippen LogP contribution in [0.4, 0.5) is 0 Å². The van der Waals surface area contributed by atoms with E-state index in [-0.39, 0.29) is 0 Å². The highest BCUT2D eigenvalue weighted by Crippen LogP contribution is 2.31. The maximum Gasteiger partial charge on any atom is 0.119 e. The zero-order valence-corrected chi connectivity index (χ0v) is 21.6. The average molecular weight is 480 g/mol. The first kappa shape index (κ1) is 25.5. The predicted molar refractivity (Wildman–Crippen MR) is 151 cm³/mol. The van der Waals surface area contributed by atoms with Crippen LogP contribution in [0, 0.1) is 0 Å². The molecule has 4 rings (SSSR count). The van der Waals surface area contributed by atoms with Crippen molar-refractivity contribution in [2.24, 2.45) is 0 Å². The molecule has 1 aromatic heterocycles. The summed E-state index contributed by atoms with van der Waals surface area (Å²) < 4.78 is 11.8. The first-order valence-corrected chi connectivity index (χ1v) is 13.3. The van der Waals surface area contributed by atoms with E-state index >= 15 is 0 Å². The van der Waals surface area contributed by atoms with Gasteiger partial charge in [0.15, 0.2) is 0 Å². The van der Waals surface area contributed by atoms with Gasteiger partial charge in [0.05, 0.1) is 24.6 Å². The van der Waals surface area contributed by atoms with E-state index in [1.165, 1.54) is 31.2 Å². The summed E-state index contributed by atoms with van der Waals surface area (Å²) in [6.45, 7) is 5.93. The Kier molecular flexibility index (Phi) is 9.55. The summed E-state index contributed by atoms with van der Waals surface area (Å²) in [5.74, 6) is 1.81. The molecule has 0 unspecified atom stereocenters. The van der Waals surface area contributed by atoms with E-state index in [1.54, 1.807) is 0 Å². The number of hydrogen-bond donors (Lipinski definition) is 0. The zero-order chi connectivity index (χ0) is 25.0. The standard InChI is InChI=1S/C33H37NO2/c1-3-5-10-22-35-30-18-14-27(15-19-30)32-24-29(26-12-8-7-9-13-26)25-33(34-32)28-16-20-31(21-17-28)36-23-11-6-4-2/h7-9,12-21,24-25H,3-6,10-11,22-23H2,1-2H3. The molecule has 0 aliphatic carbocycles. The second-order valence-corrected chi connectivity index (χ2v) is 9.15. The molecule has 1 heterocycles. The molecule has 0 N–H and O–H groups in total. The highest BCUT2D eigenvalue weighted by atomic mass is 16.5. The van der Waals surface area contributed by atoms with Gasteiger partial charge in [-0.2, -0.15) is 0 Å². The van der Waals surface area contributed by atoms with Crippen LogP contribution in [0.5, 0.6) is 11.5 Å². The van der Waals surface area contributed by atoms with E-state index < -0.39 is 0 Å². The number of benzene rings is 3. The van der Waals surface area contributed by atoms with Crippen LogP contribution in [0.25, 0.3) is 33.6 Å². The molecule has 0 fully saturated rings. The van der Waals surface area contributed by atoms with E-state index in [4.69, 9.17) is 14.5 Å². The lowest BCUT2D eigenvalue weighted by molar-refractivity contribution is 0.306. The van der Waals surface area contributed by atoms with E-state index in [1.807, 2.05) is 30.3 Å². The molecule has 0 saturated heterocycles. The van der Waals surface area contributed by atoms with E-state index in [0.29, 0.717) is 0 Å². The van der Waals surface area contributed by atoms with Crippen LogP contribution in [-0.2, 0) is 0 Å². The fourth-order valence-corrected chi connectivity index (χ4v) is 4.15. The molecule has 3 heteroatoms. The number of rotatable bonds is 13. The molecule has 36 heavy (non-hydrogen) atoms. The molecule has 0 atom stereocenters. The Hall–Kier alpha value is -3.59. The maximum atomic E-state index is 5.91. The number of unbranched alkanes of at least 4 members (excludes halogenated alkanes) is 4. The molecule has 0 amide bonds. The van der Waals surface area contributed by atoms with Gasteiger partial charge in [-0.25, -0.2) is 4.98 Å². The summed E-state index contributed by atoms with van der Waals surface area (Å²) in [4.78, 5) is 5.05. The van der Waals surface area contributed by atoms with Crippen molar-refractivity contribution < 1.29 is 9.47 Å². The van der Waals surface area contributed by atoms with Gasteiger partial charge in [-0.1, -0.05) is 69.9 Å². The molecular weight excluding hydrogens is 442 g/mol. The average Bonchev–Trinajstić information content (AvgIpc) is 2.94. The number of pyridine rings is 1. The van der Waals surface area contributed by atoms with Gasteiger partial charge in [0, 0.05) is 11.1 Å². The molecule has 0 saturated carbocycles. The monoisotopic (exact) mass is 479 g/mol. The Morgan fingerprint density at radius 3 is 1.42 bits per heavy atom. The minimum atomic E-state index is 0.761. The molecular formula is C33H37NO2. The Morgan fingerprint density at radius 2 is 0.972 bits per heavy atom. The summed E-state index contributed by atoms with van der Waals surface area (Å²) in [6.07, 6.45) is 6.97. The minimum Gasteiger partial charge on any atom is -0.494 e. The van der Waals surface area contributed by atoms with Crippen molar-refractivity contribution in [3.05, 3.63) is 91.0 Å². The number of ether oxygens (including phenoxy) is 2. The lowest BCUT2D eigenvalue weighted by Gasteiger charge is -2.12. The summed E-state index contributed by atoms with van der Waals surface area (Å²) in [7, 11) is 0. The number of hydrogen-bond acceptors (Lipinski definition) is 3. The van der Waals surface area contributed by atoms with Crippen molar-refractivity contribution in [3.63, 3.8) is 0 Å². The SMILES string of the molecule is CCCCCOc1ccc(-c2cc(-c3ccccc3)cc(-c3ccc(OCCCCC)cc3)n2)cc1. The Morgan fingerprint density at radius 1 is 0.500 bits per heavy atom. The van der Waals surface area contributed by atoms with Gasteiger partial charge in [-0.15, -0.1) is 0 Å². The third-order valence-electron chi connectivity index (χ3n) is 6.27. The van der Waals surface area contributed by atoms with Crippen molar-refractivity contribution in [2.45, 2.75) is 52.4 Å². The van der Waals surface area contributed by atoms with Gasteiger partial charge in [-0.3, -0.25) is 0 Å². The van der Waals surface area contributed by atoms with Gasteiger partial charge in [0.1, 0.15) is 11.5 Å². The van der Waals surface area contributed by atoms with Gasteiger partial charge < -0.3 is 9.47 Å². The zero-order valence-electron chi connectivity index (χ0n) is 21.6. The van der Waals surface area contributed by atoms with E-state index in [2.05, 4.69) is 74.5 Å². The van der Waals surface area contributed by atoms with Crippen LogP contribution < -0.4 is 9.47 Å². The second-order valence-electron chi connectivity index (χ2n) is 9.15. The summed E-state index contributed by atoms with van der Waals surface area (Å²) in [6, 6.07) is 31.4. The van der Waals surface area contributed by atoms with E-state index in [9.17, 15) is 0 Å². The van der Waals surface area contributed by atoms with Crippen LogP contribution in [0.15, 0.2) is 91.0 Å². The van der Waals surface area contributed by atoms with Crippen molar-refractivity contribution in [1.29, 1.82) is 0 Å². The fourth-order valence-electron chi connectivity index (χ4n) is 4.15. The Bertz CT molecular complexity index is 1110. The predicted octanol–water partition coefficient (Wildman–Crippen LogP) is 9.22. The topological polar surface area (TPSA) is 31.4 Å². The van der Waals surface area contributed by atoms with Gasteiger partial charge >= 0.3 is 0 Å². The largest absolute Gasteiger partial charge is 0.494 e. The van der Waals surface area contributed by atoms with Crippen molar-refractivity contribution in [3.8, 4) is 45.1 Å². The lowest BCUT2D eigenvalue weighted by Crippen LogP contribution is -1.97. The Balaban J connectivity index is 1.59. The van der Waals surface area contributed by atoms with Crippen LogP contribution >= 0.6 is 0 Å². The van der Waals surface area contributed by atoms with E-state index in [0.717, 1.165) is 65.6 Å². The highest BCUT2D eigenvalue weighted by molar-refractivity contribution is 5.76. The fraction of sp³-hybridized carbons (Fsp3) is 0.303. The van der Waals surface area contributed by atoms with Gasteiger partial charge in [-0.05, 0) is 84.6 Å². The normalized spacial score (nSPS) is 10.8. The summed E-state index contributed by atoms with van der Waals surface area (Å²) in [5, 5.41) is 0. The molecule has 0 aliphatic rings. The van der Waals surface area contributed by atoms with Gasteiger partial charge in [0.25, 0.3) is 0 Å². The number of aromatic nitrogens is 1. The molecule has 0 radical (unpaired) electrons. The van der Waals surface area contributed by atoms with Gasteiger partial charge in [0.2, 0.25) is 0 Å². The number of nitrogens with zero attached hydrogens (tertiary/aromatic N) is 1. The lowest BCUT2D eigenvalue weighted by atomic mass is 10.00. The third-order valence-corrected chi connectivity index (χ3v) is 6.27. The molecule has 4 aromatic rings. The Labute approximate surface area is 216 Å². The minimum absolute atomic E-state index is 0.761. The molecule has 3 nitrogen and oxygen atoms in total. The molecule has 0 aliphatic heterocycles. The maximum absolute atomic E-state index is 5.91. The first-order valence-electron chi connectivity index (χ1n) is 13.3. The summed E-state index contributed by atoms with van der Waals surface area (Å²) >= 11 is 0. The van der Waals surface area contributed by atoms with Crippen molar-refractivity contribution >= 4 is 0 Å². The quantitative estimate of drug-likeness (QED) is 0.179. The second kappa shape index (κ2) is 13.5. The molecule has 3 aromatic carbocycles. The first-order chi connectivity index (χ1) is 17.8. The third kappa shape index (κ3) is 7.21. The molecule has 186 valence electrons.